The maximum absolute atomic E-state index is 5.34. The highest BCUT2D eigenvalue weighted by Crippen LogP contribution is 2.19. The first-order valence-corrected chi connectivity index (χ1v) is 5.91. The lowest BCUT2D eigenvalue weighted by Gasteiger charge is -2.19. The van der Waals surface area contributed by atoms with Crippen LogP contribution in [0, 0.1) is 0 Å². The summed E-state index contributed by atoms with van der Waals surface area (Å²) in [4.78, 5) is 3.78. The van der Waals surface area contributed by atoms with E-state index in [0.717, 1.165) is 0 Å². The number of aliphatic imine (C=N–C) groups is 1. The van der Waals surface area contributed by atoms with Gasteiger partial charge in [-0.3, -0.25) is 4.99 Å². The van der Waals surface area contributed by atoms with Crippen molar-refractivity contribution in [3.8, 4) is 0 Å². The van der Waals surface area contributed by atoms with Gasteiger partial charge in [0.2, 0.25) is 0 Å². The van der Waals surface area contributed by atoms with E-state index in [4.69, 9.17) is 4.74 Å². The lowest BCUT2D eigenvalue weighted by molar-refractivity contribution is 0.151. The molecule has 0 spiro atoms. The fourth-order valence-corrected chi connectivity index (χ4v) is 1.35. The molecule has 1 saturated carbocycles. The molecule has 0 saturated heterocycles. The molecule has 0 unspecified atom stereocenters. The van der Waals surface area contributed by atoms with Gasteiger partial charge in [-0.05, 0) is 25.7 Å². The molecular formula is C12H25NO. The Morgan fingerprint density at radius 3 is 2.14 bits per heavy atom. The summed E-state index contributed by atoms with van der Waals surface area (Å²) in [5, 5.41) is 0. The normalized spacial score (nSPS) is 17.6. The van der Waals surface area contributed by atoms with Crippen LogP contribution in [0.4, 0.5) is 0 Å². The number of hydrogen-bond acceptors (Lipinski definition) is 2. The molecule has 1 rings (SSSR count). The molecule has 0 radical (unpaired) electrons. The summed E-state index contributed by atoms with van der Waals surface area (Å²) in [5.41, 5.74) is 0. The minimum Gasteiger partial charge on any atom is -0.480 e. The summed E-state index contributed by atoms with van der Waals surface area (Å²) >= 11 is 0. The molecule has 1 aliphatic carbocycles. The predicted molar refractivity (Wildman–Crippen MR) is 63.0 cm³/mol. The Bertz CT molecular complexity index is 126. The minimum atomic E-state index is 0.456. The third-order valence-corrected chi connectivity index (χ3v) is 2.41. The Labute approximate surface area is 88.8 Å². The van der Waals surface area contributed by atoms with Gasteiger partial charge in [0.15, 0.2) is 6.40 Å². The van der Waals surface area contributed by atoms with Crippen LogP contribution in [0.25, 0.3) is 0 Å². The molecule has 0 aromatic rings. The van der Waals surface area contributed by atoms with E-state index >= 15 is 0 Å². The molecule has 1 fully saturated rings. The zero-order valence-corrected chi connectivity index (χ0v) is 9.96. The average Bonchev–Trinajstić information content (AvgIpc) is 2.28. The zero-order chi connectivity index (χ0) is 10.6. The van der Waals surface area contributed by atoms with E-state index in [1.54, 1.807) is 13.4 Å². The molecule has 0 aromatic carbocycles. The van der Waals surface area contributed by atoms with Crippen LogP contribution in [-0.2, 0) is 4.74 Å². The van der Waals surface area contributed by atoms with Crippen LogP contribution >= 0.6 is 0 Å². The van der Waals surface area contributed by atoms with Crippen LogP contribution in [0.3, 0.4) is 0 Å². The van der Waals surface area contributed by atoms with Gasteiger partial charge in [-0.2, -0.15) is 0 Å². The molecule has 0 heterocycles. The van der Waals surface area contributed by atoms with Crippen LogP contribution in [-0.4, -0.2) is 19.6 Å². The molecule has 1 aliphatic rings. The standard InChI is InChI=1S/C8H15NO.C4H10/c1-9-7-10-8-5-3-2-4-6-8;1-3-4-2/h7-8H,2-6H2,1H3;3-4H2,1-2H3. The van der Waals surface area contributed by atoms with Gasteiger partial charge in [0.1, 0.15) is 0 Å². The first-order valence-electron chi connectivity index (χ1n) is 5.91. The van der Waals surface area contributed by atoms with E-state index < -0.39 is 0 Å². The number of ether oxygens (including phenoxy) is 1. The van der Waals surface area contributed by atoms with Crippen molar-refractivity contribution < 1.29 is 4.74 Å². The van der Waals surface area contributed by atoms with Crippen molar-refractivity contribution in [2.75, 3.05) is 7.05 Å². The molecule has 0 N–H and O–H groups in total. The second-order valence-electron chi connectivity index (χ2n) is 3.76. The van der Waals surface area contributed by atoms with E-state index in [9.17, 15) is 0 Å². The van der Waals surface area contributed by atoms with Gasteiger partial charge >= 0.3 is 0 Å². The zero-order valence-electron chi connectivity index (χ0n) is 9.96. The fourth-order valence-electron chi connectivity index (χ4n) is 1.35. The van der Waals surface area contributed by atoms with E-state index in [1.807, 2.05) is 0 Å². The van der Waals surface area contributed by atoms with Gasteiger partial charge in [0.05, 0.1) is 6.10 Å². The van der Waals surface area contributed by atoms with Gasteiger partial charge < -0.3 is 4.74 Å². The molecule has 0 bridgehead atoms. The van der Waals surface area contributed by atoms with E-state index in [1.165, 1.54) is 44.9 Å². The van der Waals surface area contributed by atoms with Crippen LogP contribution in [0.2, 0.25) is 0 Å². The fraction of sp³-hybridized carbons (Fsp3) is 0.917. The summed E-state index contributed by atoms with van der Waals surface area (Å²) in [7, 11) is 1.74. The quantitative estimate of drug-likeness (QED) is 0.500. The van der Waals surface area contributed by atoms with Crippen molar-refractivity contribution in [3.05, 3.63) is 0 Å². The number of unbranched alkanes of at least 4 members (excludes halogenated alkanes) is 1. The molecule has 0 aromatic heterocycles. The monoisotopic (exact) mass is 199 g/mol. The smallest absolute Gasteiger partial charge is 0.169 e. The van der Waals surface area contributed by atoms with E-state index in [0.29, 0.717) is 6.10 Å². The van der Waals surface area contributed by atoms with E-state index in [2.05, 4.69) is 18.8 Å². The summed E-state index contributed by atoms with van der Waals surface area (Å²) in [5.74, 6) is 0. The summed E-state index contributed by atoms with van der Waals surface area (Å²) in [6, 6.07) is 0. The van der Waals surface area contributed by atoms with E-state index in [-0.39, 0.29) is 0 Å². The number of hydrogen-bond donors (Lipinski definition) is 0. The highest BCUT2D eigenvalue weighted by Gasteiger charge is 2.12. The molecule has 0 atom stereocenters. The van der Waals surface area contributed by atoms with Gasteiger partial charge in [-0.15, -0.1) is 0 Å². The summed E-state index contributed by atoms with van der Waals surface area (Å²) in [6.07, 6.45) is 11.1. The average molecular weight is 199 g/mol. The third kappa shape index (κ3) is 8.09. The Hall–Kier alpha value is -0.530. The van der Waals surface area contributed by atoms with Crippen LogP contribution < -0.4 is 0 Å². The molecule has 84 valence electrons. The minimum absolute atomic E-state index is 0.456. The first-order chi connectivity index (χ1) is 6.85. The van der Waals surface area contributed by atoms with Crippen molar-refractivity contribution in [1.29, 1.82) is 0 Å². The van der Waals surface area contributed by atoms with Gasteiger partial charge in [-0.1, -0.05) is 33.1 Å². The van der Waals surface area contributed by atoms with Gasteiger partial charge in [0.25, 0.3) is 0 Å². The van der Waals surface area contributed by atoms with Crippen molar-refractivity contribution in [2.45, 2.75) is 64.9 Å². The Morgan fingerprint density at radius 1 is 1.14 bits per heavy atom. The molecule has 0 aliphatic heterocycles. The molecule has 2 nitrogen and oxygen atoms in total. The second-order valence-corrected chi connectivity index (χ2v) is 3.76. The summed E-state index contributed by atoms with van der Waals surface area (Å²) in [6.45, 7) is 4.36. The second kappa shape index (κ2) is 10.6. The lowest BCUT2D eigenvalue weighted by atomic mass is 9.98. The van der Waals surface area contributed by atoms with Crippen molar-refractivity contribution >= 4 is 6.40 Å². The highest BCUT2D eigenvalue weighted by molar-refractivity contribution is 5.46. The van der Waals surface area contributed by atoms with Gasteiger partial charge in [0, 0.05) is 7.05 Å². The summed E-state index contributed by atoms with van der Waals surface area (Å²) < 4.78 is 5.34. The number of nitrogens with zero attached hydrogens (tertiary/aromatic N) is 1. The highest BCUT2D eigenvalue weighted by atomic mass is 16.5. The molecular weight excluding hydrogens is 174 g/mol. The van der Waals surface area contributed by atoms with Gasteiger partial charge in [-0.25, -0.2) is 0 Å². The third-order valence-electron chi connectivity index (χ3n) is 2.41. The largest absolute Gasteiger partial charge is 0.480 e. The SMILES string of the molecule is CCCC.CN=COC1CCCCC1. The Morgan fingerprint density at radius 2 is 1.71 bits per heavy atom. The topological polar surface area (TPSA) is 21.6 Å². The molecule has 0 amide bonds. The molecule has 14 heavy (non-hydrogen) atoms. The van der Waals surface area contributed by atoms with Crippen LogP contribution in [0.1, 0.15) is 58.8 Å². The molecule has 2 heteroatoms. The van der Waals surface area contributed by atoms with Crippen LogP contribution in [0.15, 0.2) is 4.99 Å². The Kier molecular flexibility index (Phi) is 10.2. The Balaban J connectivity index is 0.000000364. The predicted octanol–water partition coefficient (Wildman–Crippen LogP) is 3.80. The first kappa shape index (κ1) is 13.5. The van der Waals surface area contributed by atoms with Crippen molar-refractivity contribution in [1.82, 2.24) is 0 Å². The van der Waals surface area contributed by atoms with Crippen molar-refractivity contribution in [3.63, 3.8) is 0 Å². The van der Waals surface area contributed by atoms with Crippen molar-refractivity contribution in [2.24, 2.45) is 4.99 Å². The maximum atomic E-state index is 5.34. The lowest BCUT2D eigenvalue weighted by Crippen LogP contribution is -2.15. The maximum Gasteiger partial charge on any atom is 0.169 e. The number of rotatable bonds is 3. The van der Waals surface area contributed by atoms with Crippen LogP contribution in [0.5, 0.6) is 0 Å².